The highest BCUT2D eigenvalue weighted by Crippen LogP contribution is 2.20. The van der Waals surface area contributed by atoms with Crippen LogP contribution in [0.4, 0.5) is 0 Å². The number of pyridine rings is 2. The SMILES string of the molecule is N#Cc1cccn2c(-c3cccnc3)cnc12. The first kappa shape index (κ1) is 9.55. The molecule has 3 heterocycles. The molecule has 0 amide bonds. The fraction of sp³-hybridized carbons (Fsp3) is 0. The number of nitriles is 1. The minimum Gasteiger partial charge on any atom is -0.299 e. The van der Waals surface area contributed by atoms with Gasteiger partial charge in [-0.05, 0) is 24.3 Å². The van der Waals surface area contributed by atoms with E-state index in [2.05, 4.69) is 16.0 Å². The minimum atomic E-state index is 0.572. The molecule has 0 aliphatic rings. The summed E-state index contributed by atoms with van der Waals surface area (Å²) in [4.78, 5) is 8.36. The lowest BCUT2D eigenvalue weighted by Gasteiger charge is -2.01. The van der Waals surface area contributed by atoms with E-state index in [1.807, 2.05) is 28.8 Å². The molecule has 3 rings (SSSR count). The molecule has 80 valence electrons. The molecule has 3 aromatic rings. The Morgan fingerprint density at radius 1 is 1.18 bits per heavy atom. The summed E-state index contributed by atoms with van der Waals surface area (Å²) < 4.78 is 1.90. The van der Waals surface area contributed by atoms with Crippen LogP contribution in [0.5, 0.6) is 0 Å². The van der Waals surface area contributed by atoms with Crippen LogP contribution in [0.15, 0.2) is 49.1 Å². The average molecular weight is 220 g/mol. The Labute approximate surface area is 97.8 Å². The van der Waals surface area contributed by atoms with E-state index < -0.39 is 0 Å². The van der Waals surface area contributed by atoms with Crippen LogP contribution in [0, 0.1) is 11.3 Å². The second-order valence-electron chi connectivity index (χ2n) is 3.61. The van der Waals surface area contributed by atoms with E-state index in [0.29, 0.717) is 11.2 Å². The third-order valence-electron chi connectivity index (χ3n) is 2.61. The number of hydrogen-bond donors (Lipinski definition) is 0. The smallest absolute Gasteiger partial charge is 0.155 e. The van der Waals surface area contributed by atoms with Crippen LogP contribution in [0.1, 0.15) is 5.56 Å². The molecule has 0 saturated heterocycles. The van der Waals surface area contributed by atoms with E-state index in [1.54, 1.807) is 24.7 Å². The van der Waals surface area contributed by atoms with Gasteiger partial charge in [-0.15, -0.1) is 0 Å². The summed E-state index contributed by atoms with van der Waals surface area (Å²) in [6, 6.07) is 9.58. The standard InChI is InChI=1S/C13H8N4/c14-7-10-4-2-6-17-12(9-16-13(10)17)11-3-1-5-15-8-11/h1-6,8-9H. The van der Waals surface area contributed by atoms with E-state index in [4.69, 9.17) is 5.26 Å². The first-order chi connectivity index (χ1) is 8.40. The molecular formula is C13H8N4. The number of imidazole rings is 1. The maximum atomic E-state index is 9.00. The predicted octanol–water partition coefficient (Wildman–Crippen LogP) is 2.27. The average Bonchev–Trinajstić information content (AvgIpc) is 2.83. The van der Waals surface area contributed by atoms with Crippen molar-refractivity contribution in [2.75, 3.05) is 0 Å². The van der Waals surface area contributed by atoms with Crippen molar-refractivity contribution in [1.82, 2.24) is 14.4 Å². The highest BCUT2D eigenvalue weighted by atomic mass is 15.0. The van der Waals surface area contributed by atoms with Crippen LogP contribution in [0.25, 0.3) is 16.9 Å². The molecule has 0 spiro atoms. The van der Waals surface area contributed by atoms with Crippen LogP contribution in [-0.4, -0.2) is 14.4 Å². The molecule has 0 saturated carbocycles. The molecule has 4 heteroatoms. The van der Waals surface area contributed by atoms with Gasteiger partial charge < -0.3 is 0 Å². The molecule has 0 N–H and O–H groups in total. The van der Waals surface area contributed by atoms with Gasteiger partial charge in [-0.2, -0.15) is 5.26 Å². The minimum absolute atomic E-state index is 0.572. The molecule has 0 bridgehead atoms. The lowest BCUT2D eigenvalue weighted by atomic mass is 10.2. The second-order valence-corrected chi connectivity index (χ2v) is 3.61. The summed E-state index contributed by atoms with van der Waals surface area (Å²) in [5, 5.41) is 9.00. The van der Waals surface area contributed by atoms with Crippen LogP contribution >= 0.6 is 0 Å². The second kappa shape index (κ2) is 3.72. The van der Waals surface area contributed by atoms with Crippen LogP contribution in [0.2, 0.25) is 0 Å². The molecule has 0 aliphatic carbocycles. The Morgan fingerprint density at radius 2 is 2.12 bits per heavy atom. The van der Waals surface area contributed by atoms with E-state index in [1.165, 1.54) is 0 Å². The molecule has 0 aliphatic heterocycles. The van der Waals surface area contributed by atoms with Crippen LogP contribution < -0.4 is 0 Å². The van der Waals surface area contributed by atoms with E-state index in [0.717, 1.165) is 11.3 Å². The van der Waals surface area contributed by atoms with Gasteiger partial charge >= 0.3 is 0 Å². The first-order valence-electron chi connectivity index (χ1n) is 5.17. The first-order valence-corrected chi connectivity index (χ1v) is 5.17. The van der Waals surface area contributed by atoms with Crippen molar-refractivity contribution in [3.05, 3.63) is 54.6 Å². The van der Waals surface area contributed by atoms with Crippen molar-refractivity contribution < 1.29 is 0 Å². The largest absolute Gasteiger partial charge is 0.299 e. The molecule has 4 nitrogen and oxygen atoms in total. The maximum Gasteiger partial charge on any atom is 0.155 e. The van der Waals surface area contributed by atoms with Crippen molar-refractivity contribution in [1.29, 1.82) is 5.26 Å². The summed E-state index contributed by atoms with van der Waals surface area (Å²) in [6.07, 6.45) is 7.16. The zero-order chi connectivity index (χ0) is 11.7. The molecule has 3 aromatic heterocycles. The van der Waals surface area contributed by atoms with Crippen molar-refractivity contribution in [2.45, 2.75) is 0 Å². The zero-order valence-electron chi connectivity index (χ0n) is 8.91. The summed E-state index contributed by atoms with van der Waals surface area (Å²) in [5.41, 5.74) is 3.16. The fourth-order valence-corrected chi connectivity index (χ4v) is 1.83. The van der Waals surface area contributed by atoms with Crippen molar-refractivity contribution in [3.8, 4) is 17.3 Å². The van der Waals surface area contributed by atoms with Crippen molar-refractivity contribution in [2.24, 2.45) is 0 Å². The Bertz CT molecular complexity index is 707. The van der Waals surface area contributed by atoms with Gasteiger partial charge in [-0.3, -0.25) is 9.38 Å². The Morgan fingerprint density at radius 3 is 2.88 bits per heavy atom. The lowest BCUT2D eigenvalue weighted by Crippen LogP contribution is -1.90. The molecule has 0 atom stereocenters. The molecule has 0 aromatic carbocycles. The van der Waals surface area contributed by atoms with Gasteiger partial charge in [0, 0.05) is 24.2 Å². The Balaban J connectivity index is 2.31. The normalized spacial score (nSPS) is 10.3. The molecule has 17 heavy (non-hydrogen) atoms. The van der Waals surface area contributed by atoms with Crippen molar-refractivity contribution >= 4 is 5.65 Å². The van der Waals surface area contributed by atoms with Gasteiger partial charge in [-0.25, -0.2) is 4.98 Å². The molecule has 0 radical (unpaired) electrons. The fourth-order valence-electron chi connectivity index (χ4n) is 1.83. The third-order valence-corrected chi connectivity index (χ3v) is 2.61. The lowest BCUT2D eigenvalue weighted by molar-refractivity contribution is 1.17. The summed E-state index contributed by atoms with van der Waals surface area (Å²) in [5.74, 6) is 0. The monoisotopic (exact) mass is 220 g/mol. The predicted molar refractivity (Wildman–Crippen MR) is 63.1 cm³/mol. The number of hydrogen-bond acceptors (Lipinski definition) is 3. The number of rotatable bonds is 1. The number of fused-ring (bicyclic) bond motifs is 1. The summed E-state index contributed by atoms with van der Waals surface area (Å²) >= 11 is 0. The Hall–Kier alpha value is -2.67. The van der Waals surface area contributed by atoms with E-state index in [-0.39, 0.29) is 0 Å². The van der Waals surface area contributed by atoms with Gasteiger partial charge in [0.1, 0.15) is 6.07 Å². The summed E-state index contributed by atoms with van der Waals surface area (Å²) in [7, 11) is 0. The van der Waals surface area contributed by atoms with Crippen molar-refractivity contribution in [3.63, 3.8) is 0 Å². The maximum absolute atomic E-state index is 9.00. The molecule has 0 fully saturated rings. The van der Waals surface area contributed by atoms with Crippen LogP contribution in [0.3, 0.4) is 0 Å². The van der Waals surface area contributed by atoms with Gasteiger partial charge in [0.15, 0.2) is 5.65 Å². The van der Waals surface area contributed by atoms with Crippen LogP contribution in [-0.2, 0) is 0 Å². The van der Waals surface area contributed by atoms with E-state index >= 15 is 0 Å². The van der Waals surface area contributed by atoms with Gasteiger partial charge in [0.2, 0.25) is 0 Å². The number of aromatic nitrogens is 3. The quantitative estimate of drug-likeness (QED) is 0.632. The highest BCUT2D eigenvalue weighted by Gasteiger charge is 2.08. The third kappa shape index (κ3) is 1.45. The Kier molecular flexibility index (Phi) is 2.09. The van der Waals surface area contributed by atoms with E-state index in [9.17, 15) is 0 Å². The highest BCUT2D eigenvalue weighted by molar-refractivity contribution is 5.66. The molecule has 0 unspecified atom stereocenters. The topological polar surface area (TPSA) is 54.0 Å². The van der Waals surface area contributed by atoms with Gasteiger partial charge in [0.05, 0.1) is 17.5 Å². The summed E-state index contributed by atoms with van der Waals surface area (Å²) in [6.45, 7) is 0. The number of nitrogens with zero attached hydrogens (tertiary/aromatic N) is 4. The van der Waals surface area contributed by atoms with Gasteiger partial charge in [-0.1, -0.05) is 0 Å². The molecular weight excluding hydrogens is 212 g/mol. The zero-order valence-corrected chi connectivity index (χ0v) is 8.91. The van der Waals surface area contributed by atoms with Gasteiger partial charge in [0.25, 0.3) is 0 Å².